The van der Waals surface area contributed by atoms with Crippen molar-refractivity contribution in [3.05, 3.63) is 59.4 Å². The molecule has 0 saturated carbocycles. The van der Waals surface area contributed by atoms with Gasteiger partial charge in [0, 0.05) is 16.5 Å². The van der Waals surface area contributed by atoms with E-state index < -0.39 is 5.82 Å². The lowest BCUT2D eigenvalue weighted by molar-refractivity contribution is 0.125. The summed E-state index contributed by atoms with van der Waals surface area (Å²) in [6.45, 7) is 1.03. The van der Waals surface area contributed by atoms with Crippen LogP contribution in [0.2, 0.25) is 0 Å². The summed E-state index contributed by atoms with van der Waals surface area (Å²) >= 11 is 0. The minimum absolute atomic E-state index is 0.0759. The molecule has 2 aliphatic rings. The number of oxime groups is 1. The normalized spacial score (nSPS) is 19.7. The Bertz CT molecular complexity index is 1080. The third-order valence-electron chi connectivity index (χ3n) is 4.41. The summed E-state index contributed by atoms with van der Waals surface area (Å²) in [7, 11) is 0. The van der Waals surface area contributed by atoms with Gasteiger partial charge < -0.3 is 19.7 Å². The summed E-state index contributed by atoms with van der Waals surface area (Å²) < 4.78 is 18.9. The quantitative estimate of drug-likeness (QED) is 0.559. The maximum absolute atomic E-state index is 13.8. The summed E-state index contributed by atoms with van der Waals surface area (Å²) in [5, 5.41) is 15.2. The molecular formula is C19H14FN3O3. The first-order valence-electron chi connectivity index (χ1n) is 8.21. The fraction of sp³-hybridized carbons (Fsp3) is 0.158. The van der Waals surface area contributed by atoms with Gasteiger partial charge in [-0.1, -0.05) is 23.4 Å². The Hall–Kier alpha value is -3.19. The molecule has 0 aliphatic carbocycles. The summed E-state index contributed by atoms with van der Waals surface area (Å²) in [6, 6.07) is 11.8. The number of aromatic nitrogens is 1. The van der Waals surface area contributed by atoms with Crippen molar-refractivity contribution >= 4 is 28.0 Å². The lowest BCUT2D eigenvalue weighted by Crippen LogP contribution is -2.14. The minimum Gasteiger partial charge on any atom is -0.494 e. The van der Waals surface area contributed by atoms with E-state index in [-0.39, 0.29) is 12.0 Å². The highest BCUT2D eigenvalue weighted by Gasteiger charge is 2.30. The van der Waals surface area contributed by atoms with Crippen LogP contribution in [0.15, 0.2) is 52.6 Å². The molecule has 0 spiro atoms. The Morgan fingerprint density at radius 2 is 2.15 bits per heavy atom. The molecule has 26 heavy (non-hydrogen) atoms. The monoisotopic (exact) mass is 351 g/mol. The van der Waals surface area contributed by atoms with E-state index in [1.165, 1.54) is 12.1 Å². The largest absolute Gasteiger partial charge is 0.494 e. The number of halogens is 1. The van der Waals surface area contributed by atoms with E-state index in [0.29, 0.717) is 41.1 Å². The summed E-state index contributed by atoms with van der Waals surface area (Å²) in [6.07, 6.45) is 0.0759. The van der Waals surface area contributed by atoms with Gasteiger partial charge in [0.25, 0.3) is 0 Å². The van der Waals surface area contributed by atoms with E-state index in [1.807, 2.05) is 24.3 Å². The Morgan fingerprint density at radius 3 is 3.00 bits per heavy atom. The number of para-hydroxylation sites is 1. The first kappa shape index (κ1) is 15.1. The topological polar surface area (TPSA) is 82.5 Å². The van der Waals surface area contributed by atoms with Crippen LogP contribution in [0.25, 0.3) is 10.9 Å². The Labute approximate surface area is 147 Å². The smallest absolute Gasteiger partial charge is 0.199 e. The standard InChI is InChI=1S/C19H14FN3O3/c20-10-5-6-15-13(7-10)16(19(24)22-15)18-17(23-26-9-11-8-25-11)12-3-1-2-4-14(12)21-18/h1-7,11,22,24H,8-9H2/b23-17+. The van der Waals surface area contributed by atoms with Crippen molar-refractivity contribution in [3.8, 4) is 5.88 Å². The molecule has 0 amide bonds. The highest BCUT2D eigenvalue weighted by atomic mass is 19.1. The van der Waals surface area contributed by atoms with Crippen molar-refractivity contribution in [3.63, 3.8) is 0 Å². The number of hydrogen-bond donors (Lipinski definition) is 2. The molecule has 5 rings (SSSR count). The zero-order chi connectivity index (χ0) is 17.7. The second kappa shape index (κ2) is 5.67. The second-order valence-corrected chi connectivity index (χ2v) is 6.21. The molecule has 1 saturated heterocycles. The average molecular weight is 351 g/mol. The molecule has 1 unspecified atom stereocenters. The van der Waals surface area contributed by atoms with Crippen molar-refractivity contribution < 1.29 is 19.1 Å². The number of aromatic amines is 1. The molecule has 0 radical (unpaired) electrons. The van der Waals surface area contributed by atoms with Gasteiger partial charge in [-0.3, -0.25) is 0 Å². The summed E-state index contributed by atoms with van der Waals surface area (Å²) in [5.74, 6) is -0.482. The van der Waals surface area contributed by atoms with E-state index in [0.717, 1.165) is 11.3 Å². The van der Waals surface area contributed by atoms with Crippen LogP contribution in [0.4, 0.5) is 10.1 Å². The van der Waals surface area contributed by atoms with Crippen molar-refractivity contribution in [1.82, 2.24) is 4.98 Å². The van der Waals surface area contributed by atoms with E-state index in [2.05, 4.69) is 15.1 Å². The van der Waals surface area contributed by atoms with Gasteiger partial charge in [0.2, 0.25) is 0 Å². The number of benzene rings is 2. The minimum atomic E-state index is -0.394. The molecular weight excluding hydrogens is 337 g/mol. The van der Waals surface area contributed by atoms with Gasteiger partial charge in [-0.2, -0.15) is 0 Å². The fourth-order valence-corrected chi connectivity index (χ4v) is 3.08. The molecule has 0 bridgehead atoms. The molecule has 1 atom stereocenters. The lowest BCUT2D eigenvalue weighted by atomic mass is 10.0. The number of aromatic hydroxyl groups is 1. The number of ether oxygens (including phenoxy) is 1. The number of rotatable bonds is 4. The van der Waals surface area contributed by atoms with Crippen LogP contribution in [0.3, 0.4) is 0 Å². The van der Waals surface area contributed by atoms with Gasteiger partial charge in [0.05, 0.1) is 17.9 Å². The van der Waals surface area contributed by atoms with Gasteiger partial charge in [-0.15, -0.1) is 0 Å². The molecule has 130 valence electrons. The van der Waals surface area contributed by atoms with Gasteiger partial charge in [-0.25, -0.2) is 9.38 Å². The second-order valence-electron chi connectivity index (χ2n) is 6.21. The highest BCUT2D eigenvalue weighted by molar-refractivity contribution is 6.58. The summed E-state index contributed by atoms with van der Waals surface area (Å²) in [5.41, 5.74) is 3.48. The van der Waals surface area contributed by atoms with Crippen LogP contribution in [0.5, 0.6) is 5.88 Å². The van der Waals surface area contributed by atoms with Crippen LogP contribution >= 0.6 is 0 Å². The van der Waals surface area contributed by atoms with E-state index >= 15 is 0 Å². The van der Waals surface area contributed by atoms with E-state index in [1.54, 1.807) is 6.07 Å². The maximum atomic E-state index is 13.8. The van der Waals surface area contributed by atoms with Crippen LogP contribution in [-0.4, -0.2) is 40.8 Å². The number of nitrogens with zero attached hydrogens (tertiary/aromatic N) is 2. The molecule has 2 aliphatic heterocycles. The van der Waals surface area contributed by atoms with Crippen molar-refractivity contribution in [1.29, 1.82) is 0 Å². The molecule has 2 aromatic carbocycles. The number of nitrogens with one attached hydrogen (secondary N) is 1. The zero-order valence-electron chi connectivity index (χ0n) is 13.6. The van der Waals surface area contributed by atoms with Gasteiger partial charge >= 0.3 is 0 Å². The molecule has 1 aromatic heterocycles. The van der Waals surface area contributed by atoms with Gasteiger partial charge in [0.1, 0.15) is 30.0 Å². The van der Waals surface area contributed by atoms with Crippen molar-refractivity contribution in [2.24, 2.45) is 10.1 Å². The zero-order valence-corrected chi connectivity index (χ0v) is 13.6. The molecule has 1 fully saturated rings. The van der Waals surface area contributed by atoms with Crippen molar-refractivity contribution in [2.45, 2.75) is 6.10 Å². The van der Waals surface area contributed by atoms with Crippen molar-refractivity contribution in [2.75, 3.05) is 13.2 Å². The van der Waals surface area contributed by atoms with Crippen LogP contribution in [-0.2, 0) is 9.57 Å². The maximum Gasteiger partial charge on any atom is 0.199 e. The first-order chi connectivity index (χ1) is 12.7. The first-order valence-corrected chi connectivity index (χ1v) is 8.21. The third kappa shape index (κ3) is 2.44. The van der Waals surface area contributed by atoms with E-state index in [4.69, 9.17) is 9.57 Å². The number of aliphatic imine (C=N–C) groups is 1. The number of epoxide rings is 1. The van der Waals surface area contributed by atoms with Crippen LogP contribution in [0.1, 0.15) is 11.1 Å². The predicted molar refractivity (Wildman–Crippen MR) is 94.8 cm³/mol. The van der Waals surface area contributed by atoms with Gasteiger partial charge in [0.15, 0.2) is 5.88 Å². The summed E-state index contributed by atoms with van der Waals surface area (Å²) in [4.78, 5) is 12.9. The predicted octanol–water partition coefficient (Wildman–Crippen LogP) is 3.27. The number of H-pyrrole nitrogens is 1. The van der Waals surface area contributed by atoms with Gasteiger partial charge in [-0.05, 0) is 24.3 Å². The van der Waals surface area contributed by atoms with E-state index in [9.17, 15) is 9.50 Å². The van der Waals surface area contributed by atoms with Crippen LogP contribution in [0, 0.1) is 5.82 Å². The molecule has 2 N–H and O–H groups in total. The molecule has 3 aromatic rings. The number of fused-ring (bicyclic) bond motifs is 2. The Balaban J connectivity index is 1.65. The lowest BCUT2D eigenvalue weighted by Gasteiger charge is -2.04. The number of hydrogen-bond acceptors (Lipinski definition) is 5. The molecule has 6 nitrogen and oxygen atoms in total. The molecule has 7 heteroatoms. The average Bonchev–Trinajstić information content (AvgIpc) is 3.31. The fourth-order valence-electron chi connectivity index (χ4n) is 3.08. The Morgan fingerprint density at radius 1 is 1.31 bits per heavy atom. The highest BCUT2D eigenvalue weighted by Crippen LogP contribution is 2.35. The van der Waals surface area contributed by atoms with Crippen LogP contribution < -0.4 is 0 Å². The SMILES string of the molecule is Oc1[nH]c2ccc(F)cc2c1C1=Nc2ccccc2/C1=N\OCC1CO1. The Kier molecular flexibility index (Phi) is 3.29. The third-order valence-corrected chi connectivity index (χ3v) is 4.41. The molecule has 3 heterocycles.